The molecular formula is C19H18ClN3OS2. The van der Waals surface area contributed by atoms with Gasteiger partial charge in [0.15, 0.2) is 5.17 Å². The summed E-state index contributed by atoms with van der Waals surface area (Å²) in [5.41, 5.74) is 1.97. The zero-order valence-corrected chi connectivity index (χ0v) is 16.8. The summed E-state index contributed by atoms with van der Waals surface area (Å²) in [4.78, 5) is 14.4. The van der Waals surface area contributed by atoms with Crippen molar-refractivity contribution < 1.29 is 4.79 Å². The second kappa shape index (κ2) is 8.75. The van der Waals surface area contributed by atoms with Gasteiger partial charge in [0, 0.05) is 20.5 Å². The molecule has 1 fully saturated rings. The molecule has 3 rings (SSSR count). The van der Waals surface area contributed by atoms with E-state index >= 15 is 0 Å². The Balaban J connectivity index is 1.60. The lowest BCUT2D eigenvalue weighted by Gasteiger charge is -2.07. The summed E-state index contributed by atoms with van der Waals surface area (Å²) >= 11 is 9.02. The Kier molecular flexibility index (Phi) is 6.40. The van der Waals surface area contributed by atoms with Gasteiger partial charge in [0.25, 0.3) is 0 Å². The van der Waals surface area contributed by atoms with Crippen LogP contribution in [0.4, 0.5) is 0 Å². The van der Waals surface area contributed by atoms with Gasteiger partial charge in [-0.3, -0.25) is 4.79 Å². The van der Waals surface area contributed by atoms with Gasteiger partial charge in [0.05, 0.1) is 5.25 Å². The van der Waals surface area contributed by atoms with Crippen molar-refractivity contribution in [1.29, 1.82) is 0 Å². The summed E-state index contributed by atoms with van der Waals surface area (Å²) in [5, 5.41) is 12.0. The third-order valence-electron chi connectivity index (χ3n) is 3.51. The van der Waals surface area contributed by atoms with Crippen molar-refractivity contribution in [3.63, 3.8) is 0 Å². The molecule has 2 aromatic carbocycles. The summed E-state index contributed by atoms with van der Waals surface area (Å²) < 4.78 is 0. The molecule has 0 spiro atoms. The number of carbonyl (C=O) groups is 1. The van der Waals surface area contributed by atoms with Crippen LogP contribution in [0.2, 0.25) is 5.02 Å². The van der Waals surface area contributed by atoms with E-state index < -0.39 is 0 Å². The minimum absolute atomic E-state index is 0.0164. The highest BCUT2D eigenvalue weighted by molar-refractivity contribution is 8.15. The fourth-order valence-electron chi connectivity index (χ4n) is 2.28. The van der Waals surface area contributed by atoms with Crippen LogP contribution < -0.4 is 5.32 Å². The maximum absolute atomic E-state index is 12.1. The number of amides is 1. The van der Waals surface area contributed by atoms with Gasteiger partial charge in [0.1, 0.15) is 0 Å². The number of thioether (sulfide) groups is 1. The highest BCUT2D eigenvalue weighted by Gasteiger charge is 2.30. The van der Waals surface area contributed by atoms with Crippen molar-refractivity contribution in [2.24, 2.45) is 10.2 Å². The second-order valence-corrected chi connectivity index (χ2v) is 8.73. The fraction of sp³-hybridized carbons (Fsp3) is 0.211. The van der Waals surface area contributed by atoms with Crippen molar-refractivity contribution in [3.05, 3.63) is 59.1 Å². The summed E-state index contributed by atoms with van der Waals surface area (Å²) in [7, 11) is 0. The number of amidine groups is 1. The molecule has 1 N–H and O–H groups in total. The summed E-state index contributed by atoms with van der Waals surface area (Å²) in [6, 6.07) is 16.1. The molecule has 0 radical (unpaired) electrons. The van der Waals surface area contributed by atoms with Gasteiger partial charge in [-0.2, -0.15) is 5.10 Å². The summed E-state index contributed by atoms with van der Waals surface area (Å²) in [6.45, 7) is 3.74. The Morgan fingerprint density at radius 2 is 1.73 bits per heavy atom. The van der Waals surface area contributed by atoms with E-state index in [1.54, 1.807) is 11.8 Å². The summed E-state index contributed by atoms with van der Waals surface area (Å²) in [5.74, 6) is -0.0164. The van der Waals surface area contributed by atoms with E-state index in [0.29, 0.717) is 11.6 Å². The summed E-state index contributed by atoms with van der Waals surface area (Å²) in [6.07, 6.45) is 0.663. The average molecular weight is 404 g/mol. The van der Waals surface area contributed by atoms with Crippen molar-refractivity contribution in [1.82, 2.24) is 5.32 Å². The third-order valence-corrected chi connectivity index (χ3v) is 5.85. The van der Waals surface area contributed by atoms with Crippen LogP contribution in [0.3, 0.4) is 0 Å². The van der Waals surface area contributed by atoms with E-state index in [2.05, 4.69) is 39.8 Å². The highest BCUT2D eigenvalue weighted by atomic mass is 35.5. The molecule has 1 heterocycles. The van der Waals surface area contributed by atoms with Crippen LogP contribution in [0.1, 0.15) is 19.4 Å². The SMILES string of the molecule is CC(C)=N/N=C1\NC(=O)C(Cc2ccc(Sc3ccc(Cl)cc3)cc2)S1. The van der Waals surface area contributed by atoms with Crippen LogP contribution in [-0.4, -0.2) is 22.0 Å². The highest BCUT2D eigenvalue weighted by Crippen LogP contribution is 2.30. The van der Waals surface area contributed by atoms with Crippen molar-refractivity contribution in [2.75, 3.05) is 0 Å². The van der Waals surface area contributed by atoms with Gasteiger partial charge in [0.2, 0.25) is 5.91 Å². The van der Waals surface area contributed by atoms with E-state index in [9.17, 15) is 4.79 Å². The molecule has 1 aliphatic heterocycles. The molecule has 0 aliphatic carbocycles. The van der Waals surface area contributed by atoms with Gasteiger partial charge < -0.3 is 5.32 Å². The number of hydrogen-bond acceptors (Lipinski definition) is 5. The van der Waals surface area contributed by atoms with Gasteiger partial charge in [-0.15, -0.1) is 5.10 Å². The van der Waals surface area contributed by atoms with E-state index in [0.717, 1.165) is 26.1 Å². The van der Waals surface area contributed by atoms with Gasteiger partial charge in [-0.1, -0.05) is 47.3 Å². The van der Waals surface area contributed by atoms with Crippen LogP contribution >= 0.6 is 35.1 Å². The largest absolute Gasteiger partial charge is 0.303 e. The fourth-order valence-corrected chi connectivity index (χ4v) is 4.18. The Labute approximate surface area is 166 Å². The molecule has 1 saturated heterocycles. The smallest absolute Gasteiger partial charge is 0.239 e. The molecular weight excluding hydrogens is 386 g/mol. The lowest BCUT2D eigenvalue weighted by molar-refractivity contribution is -0.118. The Hall–Kier alpha value is -1.76. The van der Waals surface area contributed by atoms with Crippen LogP contribution in [-0.2, 0) is 11.2 Å². The molecule has 2 aromatic rings. The standard InChI is InChI=1S/C19H18ClN3OS2/c1-12(2)22-23-19-21-18(24)17(26-19)11-13-3-7-15(8-4-13)25-16-9-5-14(20)6-10-16/h3-10,17H,11H2,1-2H3,(H,21,23,24). The second-order valence-electron chi connectivity index (χ2n) is 5.95. The van der Waals surface area contributed by atoms with Crippen molar-refractivity contribution in [3.8, 4) is 0 Å². The predicted octanol–water partition coefficient (Wildman–Crippen LogP) is 5.02. The normalized spacial score (nSPS) is 18.0. The number of benzene rings is 2. The molecule has 1 aliphatic rings. The number of nitrogens with one attached hydrogen (secondary N) is 1. The Morgan fingerprint density at radius 3 is 2.35 bits per heavy atom. The van der Waals surface area contributed by atoms with Gasteiger partial charge >= 0.3 is 0 Å². The molecule has 26 heavy (non-hydrogen) atoms. The zero-order chi connectivity index (χ0) is 18.5. The number of hydrogen-bond donors (Lipinski definition) is 1. The molecule has 1 unspecified atom stereocenters. The van der Waals surface area contributed by atoms with E-state index in [4.69, 9.17) is 11.6 Å². The molecule has 4 nitrogen and oxygen atoms in total. The maximum Gasteiger partial charge on any atom is 0.239 e. The van der Waals surface area contributed by atoms with E-state index in [-0.39, 0.29) is 11.2 Å². The van der Waals surface area contributed by atoms with Crippen LogP contribution in [0.5, 0.6) is 0 Å². The first-order chi connectivity index (χ1) is 12.5. The quantitative estimate of drug-likeness (QED) is 0.563. The van der Waals surface area contributed by atoms with E-state index in [1.807, 2.05) is 38.1 Å². The average Bonchev–Trinajstić information content (AvgIpc) is 2.96. The van der Waals surface area contributed by atoms with E-state index in [1.165, 1.54) is 11.8 Å². The zero-order valence-electron chi connectivity index (χ0n) is 14.4. The third kappa shape index (κ3) is 5.37. The number of carbonyl (C=O) groups excluding carboxylic acids is 1. The lowest BCUT2D eigenvalue weighted by atomic mass is 10.1. The van der Waals surface area contributed by atoms with Gasteiger partial charge in [-0.25, -0.2) is 0 Å². The first-order valence-corrected chi connectivity index (χ1v) is 10.2. The molecule has 1 amide bonds. The number of nitrogens with zero attached hydrogens (tertiary/aromatic N) is 2. The topological polar surface area (TPSA) is 53.8 Å². The molecule has 1 atom stereocenters. The van der Waals surface area contributed by atoms with Gasteiger partial charge in [-0.05, 0) is 62.2 Å². The molecule has 0 aromatic heterocycles. The first kappa shape index (κ1) is 19.0. The molecule has 7 heteroatoms. The number of halogens is 1. The minimum Gasteiger partial charge on any atom is -0.303 e. The minimum atomic E-state index is -0.170. The molecule has 134 valence electrons. The maximum atomic E-state index is 12.1. The van der Waals surface area contributed by atoms with Crippen LogP contribution in [0.25, 0.3) is 0 Å². The first-order valence-electron chi connectivity index (χ1n) is 8.08. The predicted molar refractivity (Wildman–Crippen MR) is 111 cm³/mol. The number of rotatable bonds is 5. The monoisotopic (exact) mass is 403 g/mol. The Morgan fingerprint density at radius 1 is 1.12 bits per heavy atom. The lowest BCUT2D eigenvalue weighted by Crippen LogP contribution is -2.25. The van der Waals surface area contributed by atoms with Crippen molar-refractivity contribution in [2.45, 2.75) is 35.3 Å². The van der Waals surface area contributed by atoms with Crippen LogP contribution in [0.15, 0.2) is 68.5 Å². The Bertz CT molecular complexity index is 844. The van der Waals surface area contributed by atoms with Crippen LogP contribution in [0, 0.1) is 0 Å². The molecule has 0 bridgehead atoms. The molecule has 0 saturated carbocycles. The van der Waals surface area contributed by atoms with Crippen molar-refractivity contribution >= 4 is 51.9 Å².